The minimum absolute atomic E-state index is 0.0167. The number of rotatable bonds is 7. The summed E-state index contributed by atoms with van der Waals surface area (Å²) in [7, 11) is -3.58. The number of piperazine rings is 1. The van der Waals surface area contributed by atoms with E-state index < -0.39 is 10.0 Å². The zero-order valence-electron chi connectivity index (χ0n) is 16.4. The van der Waals surface area contributed by atoms with Gasteiger partial charge in [0.2, 0.25) is 15.9 Å². The van der Waals surface area contributed by atoms with Gasteiger partial charge in [0.1, 0.15) is 5.75 Å². The standard InChI is InChI=1S/C21H25ClN2O4S/c1-2-28-18-8-10-19(11-9-18)29(26,27)24-15-13-23(14-16-24)21(25)12-7-17-5-3-4-6-20(17)22/h3-6,8-11H,2,7,12-16H2,1H3. The van der Waals surface area contributed by atoms with Crippen molar-refractivity contribution in [2.45, 2.75) is 24.7 Å². The van der Waals surface area contributed by atoms with Crippen molar-refractivity contribution in [3.63, 3.8) is 0 Å². The van der Waals surface area contributed by atoms with Gasteiger partial charge < -0.3 is 9.64 Å². The molecule has 1 saturated heterocycles. The van der Waals surface area contributed by atoms with Crippen molar-refractivity contribution in [1.29, 1.82) is 0 Å². The summed E-state index contributed by atoms with van der Waals surface area (Å²) >= 11 is 6.14. The molecule has 0 spiro atoms. The van der Waals surface area contributed by atoms with Crippen molar-refractivity contribution in [1.82, 2.24) is 9.21 Å². The van der Waals surface area contributed by atoms with E-state index in [0.29, 0.717) is 43.3 Å². The van der Waals surface area contributed by atoms with Crippen LogP contribution in [-0.4, -0.2) is 56.3 Å². The van der Waals surface area contributed by atoms with Gasteiger partial charge in [0.25, 0.3) is 0 Å². The third kappa shape index (κ3) is 5.29. The van der Waals surface area contributed by atoms with Crippen LogP contribution in [0.4, 0.5) is 0 Å². The van der Waals surface area contributed by atoms with Crippen LogP contribution in [0.3, 0.4) is 0 Å². The molecule has 0 aromatic heterocycles. The molecule has 3 rings (SSSR count). The number of amides is 1. The molecule has 1 heterocycles. The Kier molecular flexibility index (Phi) is 7.16. The molecule has 0 aliphatic carbocycles. The van der Waals surface area contributed by atoms with E-state index in [-0.39, 0.29) is 23.9 Å². The summed E-state index contributed by atoms with van der Waals surface area (Å²) in [6.45, 7) is 3.74. The van der Waals surface area contributed by atoms with Gasteiger partial charge in [-0.2, -0.15) is 4.31 Å². The minimum Gasteiger partial charge on any atom is -0.494 e. The van der Waals surface area contributed by atoms with Crippen LogP contribution in [0.15, 0.2) is 53.4 Å². The largest absolute Gasteiger partial charge is 0.494 e. The second-order valence-electron chi connectivity index (χ2n) is 6.78. The molecular formula is C21H25ClN2O4S. The maximum absolute atomic E-state index is 12.8. The Morgan fingerprint density at radius 3 is 2.31 bits per heavy atom. The first-order valence-corrected chi connectivity index (χ1v) is 11.5. The Hall–Kier alpha value is -2.09. The molecule has 1 aliphatic rings. The average Bonchev–Trinajstić information content (AvgIpc) is 2.74. The molecule has 1 amide bonds. The van der Waals surface area contributed by atoms with Crippen molar-refractivity contribution < 1.29 is 17.9 Å². The first-order chi connectivity index (χ1) is 13.9. The molecule has 0 saturated carbocycles. The molecule has 0 radical (unpaired) electrons. The average molecular weight is 437 g/mol. The van der Waals surface area contributed by atoms with Crippen LogP contribution < -0.4 is 4.74 Å². The number of sulfonamides is 1. The zero-order chi connectivity index (χ0) is 20.9. The van der Waals surface area contributed by atoms with Gasteiger partial charge in [-0.3, -0.25) is 4.79 Å². The number of carbonyl (C=O) groups is 1. The quantitative estimate of drug-likeness (QED) is 0.668. The highest BCUT2D eigenvalue weighted by molar-refractivity contribution is 7.89. The maximum Gasteiger partial charge on any atom is 0.243 e. The summed E-state index contributed by atoms with van der Waals surface area (Å²) < 4.78 is 32.5. The fourth-order valence-corrected chi connectivity index (χ4v) is 4.95. The Morgan fingerprint density at radius 2 is 1.69 bits per heavy atom. The normalized spacial score (nSPS) is 15.3. The molecule has 6 nitrogen and oxygen atoms in total. The van der Waals surface area contributed by atoms with Crippen LogP contribution in [0, 0.1) is 0 Å². The summed E-state index contributed by atoms with van der Waals surface area (Å²) in [5.74, 6) is 0.656. The highest BCUT2D eigenvalue weighted by Gasteiger charge is 2.30. The number of halogens is 1. The van der Waals surface area contributed by atoms with Gasteiger partial charge in [-0.05, 0) is 49.2 Å². The van der Waals surface area contributed by atoms with Crippen molar-refractivity contribution in [3.05, 3.63) is 59.1 Å². The van der Waals surface area contributed by atoms with Crippen LogP contribution in [0.25, 0.3) is 0 Å². The van der Waals surface area contributed by atoms with E-state index >= 15 is 0 Å². The Labute approximate surface area is 177 Å². The fraction of sp³-hybridized carbons (Fsp3) is 0.381. The molecule has 8 heteroatoms. The summed E-state index contributed by atoms with van der Waals surface area (Å²) in [6, 6.07) is 13.9. The molecular weight excluding hydrogens is 412 g/mol. The molecule has 29 heavy (non-hydrogen) atoms. The number of benzene rings is 2. The van der Waals surface area contributed by atoms with Gasteiger partial charge >= 0.3 is 0 Å². The van der Waals surface area contributed by atoms with Crippen LogP contribution in [0.2, 0.25) is 5.02 Å². The van der Waals surface area contributed by atoms with E-state index in [4.69, 9.17) is 16.3 Å². The van der Waals surface area contributed by atoms with Gasteiger partial charge in [-0.25, -0.2) is 8.42 Å². The van der Waals surface area contributed by atoms with Gasteiger partial charge in [-0.1, -0.05) is 29.8 Å². The predicted molar refractivity (Wildman–Crippen MR) is 113 cm³/mol. The summed E-state index contributed by atoms with van der Waals surface area (Å²) in [6.07, 6.45) is 0.929. The van der Waals surface area contributed by atoms with Crippen LogP contribution >= 0.6 is 11.6 Å². The molecule has 156 valence electrons. The summed E-state index contributed by atoms with van der Waals surface area (Å²) in [5.41, 5.74) is 0.944. The lowest BCUT2D eigenvalue weighted by Crippen LogP contribution is -2.50. The Balaban J connectivity index is 1.55. The lowest BCUT2D eigenvalue weighted by Gasteiger charge is -2.34. The number of ether oxygens (including phenoxy) is 1. The minimum atomic E-state index is -3.58. The van der Waals surface area contributed by atoms with Gasteiger partial charge in [0.05, 0.1) is 11.5 Å². The third-order valence-electron chi connectivity index (χ3n) is 4.93. The van der Waals surface area contributed by atoms with E-state index in [2.05, 4.69) is 0 Å². The third-order valence-corrected chi connectivity index (χ3v) is 7.21. The first kappa shape index (κ1) is 21.6. The lowest BCUT2D eigenvalue weighted by atomic mass is 10.1. The molecule has 0 unspecified atom stereocenters. The highest BCUT2D eigenvalue weighted by atomic mass is 35.5. The van der Waals surface area contributed by atoms with Crippen molar-refractivity contribution in [3.8, 4) is 5.75 Å². The predicted octanol–water partition coefficient (Wildman–Crippen LogP) is 3.20. The molecule has 1 fully saturated rings. The molecule has 0 bridgehead atoms. The number of nitrogens with zero attached hydrogens (tertiary/aromatic N) is 2. The SMILES string of the molecule is CCOc1ccc(S(=O)(=O)N2CCN(C(=O)CCc3ccccc3Cl)CC2)cc1. The Morgan fingerprint density at radius 1 is 1.03 bits per heavy atom. The number of hydrogen-bond acceptors (Lipinski definition) is 4. The maximum atomic E-state index is 12.8. The molecule has 0 N–H and O–H groups in total. The van der Waals surface area contributed by atoms with Crippen molar-refractivity contribution in [2.24, 2.45) is 0 Å². The van der Waals surface area contributed by atoms with Gasteiger partial charge in [0, 0.05) is 37.6 Å². The van der Waals surface area contributed by atoms with E-state index in [0.717, 1.165) is 5.56 Å². The van der Waals surface area contributed by atoms with Crippen LogP contribution in [0.5, 0.6) is 5.75 Å². The van der Waals surface area contributed by atoms with E-state index in [1.807, 2.05) is 31.2 Å². The summed E-state index contributed by atoms with van der Waals surface area (Å²) in [5, 5.41) is 0.659. The molecule has 0 atom stereocenters. The number of aryl methyl sites for hydroxylation is 1. The second kappa shape index (κ2) is 9.61. The first-order valence-electron chi connectivity index (χ1n) is 9.66. The zero-order valence-corrected chi connectivity index (χ0v) is 18.0. The lowest BCUT2D eigenvalue weighted by molar-refractivity contribution is -0.132. The van der Waals surface area contributed by atoms with Crippen LogP contribution in [0.1, 0.15) is 18.9 Å². The number of carbonyl (C=O) groups excluding carboxylic acids is 1. The smallest absolute Gasteiger partial charge is 0.243 e. The second-order valence-corrected chi connectivity index (χ2v) is 9.13. The Bertz CT molecular complexity index is 939. The fourth-order valence-electron chi connectivity index (χ4n) is 3.30. The summed E-state index contributed by atoms with van der Waals surface area (Å²) in [4.78, 5) is 14.5. The highest BCUT2D eigenvalue weighted by Crippen LogP contribution is 2.22. The van der Waals surface area contributed by atoms with E-state index in [9.17, 15) is 13.2 Å². The van der Waals surface area contributed by atoms with Gasteiger partial charge in [-0.15, -0.1) is 0 Å². The topological polar surface area (TPSA) is 66.9 Å². The molecule has 2 aromatic rings. The van der Waals surface area contributed by atoms with Crippen LogP contribution in [-0.2, 0) is 21.2 Å². The van der Waals surface area contributed by atoms with Crippen molar-refractivity contribution in [2.75, 3.05) is 32.8 Å². The monoisotopic (exact) mass is 436 g/mol. The van der Waals surface area contributed by atoms with E-state index in [1.54, 1.807) is 29.2 Å². The van der Waals surface area contributed by atoms with E-state index in [1.165, 1.54) is 4.31 Å². The number of hydrogen-bond donors (Lipinski definition) is 0. The van der Waals surface area contributed by atoms with Crippen molar-refractivity contribution >= 4 is 27.5 Å². The molecule has 2 aromatic carbocycles. The van der Waals surface area contributed by atoms with Gasteiger partial charge in [0.15, 0.2) is 0 Å². The molecule has 1 aliphatic heterocycles.